The minimum absolute atomic E-state index is 0.604. The number of anilines is 3. The van der Waals surface area contributed by atoms with E-state index in [1.165, 1.54) is 0 Å². The molecule has 104 valence electrons. The molecule has 20 heavy (non-hydrogen) atoms. The molecular weight excluding hydrogens is 320 g/mol. The van der Waals surface area contributed by atoms with Crippen molar-refractivity contribution >= 4 is 33.4 Å². The minimum atomic E-state index is 0.604. The minimum Gasteiger partial charge on any atom is -0.378 e. The highest BCUT2D eigenvalue weighted by Gasteiger charge is 2.12. The van der Waals surface area contributed by atoms with E-state index >= 15 is 0 Å². The number of halogens is 1. The number of morpholine rings is 1. The van der Waals surface area contributed by atoms with Gasteiger partial charge in [-0.05, 0) is 24.3 Å². The van der Waals surface area contributed by atoms with Gasteiger partial charge in [0.15, 0.2) is 0 Å². The fraction of sp³-hybridized carbons (Fsp3) is 0.286. The molecule has 1 fully saturated rings. The number of aromatic nitrogens is 2. The van der Waals surface area contributed by atoms with E-state index in [0.29, 0.717) is 5.95 Å². The largest absolute Gasteiger partial charge is 0.378 e. The van der Waals surface area contributed by atoms with Gasteiger partial charge in [-0.15, -0.1) is 0 Å². The number of nitrogens with zero attached hydrogens (tertiary/aromatic N) is 3. The lowest BCUT2D eigenvalue weighted by Gasteiger charge is -2.27. The molecule has 1 aromatic heterocycles. The van der Waals surface area contributed by atoms with Gasteiger partial charge in [-0.1, -0.05) is 22.0 Å². The average molecular weight is 335 g/mol. The van der Waals surface area contributed by atoms with Gasteiger partial charge in [0.25, 0.3) is 0 Å². The van der Waals surface area contributed by atoms with Crippen LogP contribution in [0.25, 0.3) is 0 Å². The van der Waals surface area contributed by atoms with E-state index in [4.69, 9.17) is 4.74 Å². The zero-order chi connectivity index (χ0) is 13.8. The highest BCUT2D eigenvalue weighted by molar-refractivity contribution is 9.10. The van der Waals surface area contributed by atoms with Crippen molar-refractivity contribution < 1.29 is 4.74 Å². The summed E-state index contributed by atoms with van der Waals surface area (Å²) in [7, 11) is 0. The lowest BCUT2D eigenvalue weighted by atomic mass is 10.3. The molecule has 0 spiro atoms. The Bertz CT molecular complexity index is 587. The van der Waals surface area contributed by atoms with E-state index in [-0.39, 0.29) is 0 Å². The topological polar surface area (TPSA) is 50.3 Å². The van der Waals surface area contributed by atoms with Gasteiger partial charge in [0, 0.05) is 29.4 Å². The molecule has 0 saturated carbocycles. The maximum absolute atomic E-state index is 5.35. The van der Waals surface area contributed by atoms with Gasteiger partial charge in [-0.3, -0.25) is 0 Å². The number of rotatable bonds is 3. The third-order valence-corrected chi connectivity index (χ3v) is 3.55. The van der Waals surface area contributed by atoms with Gasteiger partial charge >= 0.3 is 0 Å². The molecule has 1 saturated heterocycles. The fourth-order valence-corrected chi connectivity index (χ4v) is 2.47. The van der Waals surface area contributed by atoms with Crippen LogP contribution in [0.5, 0.6) is 0 Å². The molecule has 0 unspecified atom stereocenters. The maximum atomic E-state index is 5.35. The Morgan fingerprint density at radius 1 is 1.20 bits per heavy atom. The molecule has 0 radical (unpaired) electrons. The van der Waals surface area contributed by atoms with Crippen molar-refractivity contribution in [1.29, 1.82) is 0 Å². The molecule has 1 aliphatic rings. The van der Waals surface area contributed by atoms with Gasteiger partial charge in [-0.2, -0.15) is 4.98 Å². The zero-order valence-electron chi connectivity index (χ0n) is 10.9. The third-order valence-electron chi connectivity index (χ3n) is 3.06. The molecule has 0 aliphatic carbocycles. The molecule has 0 atom stereocenters. The summed E-state index contributed by atoms with van der Waals surface area (Å²) >= 11 is 3.45. The van der Waals surface area contributed by atoms with Crippen LogP contribution in [0.2, 0.25) is 0 Å². The van der Waals surface area contributed by atoms with Gasteiger partial charge in [0.1, 0.15) is 5.82 Å². The van der Waals surface area contributed by atoms with Gasteiger partial charge < -0.3 is 15.0 Å². The summed E-state index contributed by atoms with van der Waals surface area (Å²) in [6, 6.07) is 9.85. The molecule has 5 nitrogen and oxygen atoms in total. The van der Waals surface area contributed by atoms with Gasteiger partial charge in [-0.25, -0.2) is 4.98 Å². The van der Waals surface area contributed by atoms with Crippen molar-refractivity contribution in [3.05, 3.63) is 41.0 Å². The zero-order valence-corrected chi connectivity index (χ0v) is 12.5. The highest BCUT2D eigenvalue weighted by atomic mass is 79.9. The van der Waals surface area contributed by atoms with Crippen molar-refractivity contribution in [2.24, 2.45) is 0 Å². The Morgan fingerprint density at radius 2 is 2.05 bits per heavy atom. The summed E-state index contributed by atoms with van der Waals surface area (Å²) < 4.78 is 6.37. The van der Waals surface area contributed by atoms with Crippen molar-refractivity contribution in [1.82, 2.24) is 9.97 Å². The van der Waals surface area contributed by atoms with E-state index in [1.807, 2.05) is 30.3 Å². The number of benzene rings is 1. The first-order valence-corrected chi connectivity index (χ1v) is 7.29. The van der Waals surface area contributed by atoms with Crippen LogP contribution in [0.15, 0.2) is 41.0 Å². The molecule has 2 heterocycles. The Kier molecular flexibility index (Phi) is 4.13. The summed E-state index contributed by atoms with van der Waals surface area (Å²) in [5.74, 6) is 1.54. The van der Waals surface area contributed by atoms with Crippen LogP contribution in [-0.2, 0) is 4.74 Å². The molecular formula is C14H15BrN4O. The molecule has 6 heteroatoms. The van der Waals surface area contributed by atoms with E-state index < -0.39 is 0 Å². The second kappa shape index (κ2) is 6.19. The normalized spacial score (nSPS) is 15.2. The third kappa shape index (κ3) is 3.26. The van der Waals surface area contributed by atoms with Crippen LogP contribution in [-0.4, -0.2) is 36.3 Å². The van der Waals surface area contributed by atoms with Crippen LogP contribution in [0, 0.1) is 0 Å². The smallest absolute Gasteiger partial charge is 0.229 e. The van der Waals surface area contributed by atoms with Crippen molar-refractivity contribution in [3.63, 3.8) is 0 Å². The predicted octanol–water partition coefficient (Wildman–Crippen LogP) is 2.82. The average Bonchev–Trinajstić information content (AvgIpc) is 2.48. The Hall–Kier alpha value is -1.66. The van der Waals surface area contributed by atoms with Crippen LogP contribution in [0.1, 0.15) is 0 Å². The van der Waals surface area contributed by atoms with E-state index in [2.05, 4.69) is 36.1 Å². The van der Waals surface area contributed by atoms with E-state index in [1.54, 1.807) is 6.20 Å². The van der Waals surface area contributed by atoms with Crippen LogP contribution < -0.4 is 10.2 Å². The summed E-state index contributed by atoms with van der Waals surface area (Å²) in [6.45, 7) is 3.23. The second-order valence-corrected chi connectivity index (χ2v) is 5.39. The first-order valence-electron chi connectivity index (χ1n) is 6.49. The van der Waals surface area contributed by atoms with Gasteiger partial charge in [0.05, 0.1) is 13.2 Å². The first kappa shape index (κ1) is 13.3. The van der Waals surface area contributed by atoms with Crippen molar-refractivity contribution in [2.75, 3.05) is 36.5 Å². The molecule has 0 bridgehead atoms. The molecule has 2 aromatic rings. The van der Waals surface area contributed by atoms with Gasteiger partial charge in [0.2, 0.25) is 5.95 Å². The van der Waals surface area contributed by atoms with Crippen LogP contribution in [0.3, 0.4) is 0 Å². The lowest BCUT2D eigenvalue weighted by molar-refractivity contribution is 0.122. The van der Waals surface area contributed by atoms with Crippen molar-refractivity contribution in [3.8, 4) is 0 Å². The molecule has 1 N–H and O–H groups in total. The Balaban J connectivity index is 1.77. The number of hydrogen-bond acceptors (Lipinski definition) is 5. The Morgan fingerprint density at radius 3 is 2.85 bits per heavy atom. The molecule has 0 amide bonds. The number of ether oxygens (including phenoxy) is 1. The molecule has 1 aliphatic heterocycles. The fourth-order valence-electron chi connectivity index (χ4n) is 2.07. The monoisotopic (exact) mass is 334 g/mol. The van der Waals surface area contributed by atoms with E-state index in [0.717, 1.165) is 42.3 Å². The Labute approximate surface area is 126 Å². The second-order valence-electron chi connectivity index (χ2n) is 4.47. The van der Waals surface area contributed by atoms with Crippen LogP contribution >= 0.6 is 15.9 Å². The van der Waals surface area contributed by atoms with E-state index in [9.17, 15) is 0 Å². The summed E-state index contributed by atoms with van der Waals surface area (Å²) in [5, 5.41) is 3.21. The SMILES string of the molecule is Brc1cccc(Nc2nccc(N3CCOCC3)n2)c1. The maximum Gasteiger partial charge on any atom is 0.229 e. The summed E-state index contributed by atoms with van der Waals surface area (Å²) in [4.78, 5) is 11.0. The summed E-state index contributed by atoms with van der Waals surface area (Å²) in [6.07, 6.45) is 1.78. The first-order chi connectivity index (χ1) is 9.81. The number of nitrogens with one attached hydrogen (secondary N) is 1. The lowest BCUT2D eigenvalue weighted by Crippen LogP contribution is -2.36. The number of hydrogen-bond donors (Lipinski definition) is 1. The standard InChI is InChI=1S/C14H15BrN4O/c15-11-2-1-3-12(10-11)17-14-16-5-4-13(18-14)19-6-8-20-9-7-19/h1-5,10H,6-9H2,(H,16,17,18). The molecule has 1 aromatic carbocycles. The highest BCUT2D eigenvalue weighted by Crippen LogP contribution is 2.20. The van der Waals surface area contributed by atoms with Crippen LogP contribution in [0.4, 0.5) is 17.5 Å². The molecule has 3 rings (SSSR count). The summed E-state index contributed by atoms with van der Waals surface area (Å²) in [5.41, 5.74) is 0.957. The van der Waals surface area contributed by atoms with Crippen molar-refractivity contribution in [2.45, 2.75) is 0 Å². The quantitative estimate of drug-likeness (QED) is 0.935. The predicted molar refractivity (Wildman–Crippen MR) is 82.5 cm³/mol.